The summed E-state index contributed by atoms with van der Waals surface area (Å²) >= 11 is 0. The first-order valence-corrected chi connectivity index (χ1v) is 16.9. The Hall–Kier alpha value is -6.39. The van der Waals surface area contributed by atoms with Crippen molar-refractivity contribution in [2.75, 3.05) is 6.54 Å². The van der Waals surface area contributed by atoms with Crippen LogP contribution >= 0.6 is 0 Å². The topological polar surface area (TPSA) is 271 Å². The molecule has 1 unspecified atom stereocenters. The summed E-state index contributed by atoms with van der Waals surface area (Å²) in [7, 11) is 0. The molecule has 6 rings (SSSR count). The van der Waals surface area contributed by atoms with Crippen LogP contribution < -0.4 is 27.8 Å². The van der Waals surface area contributed by atoms with Gasteiger partial charge in [-0.1, -0.05) is 42.5 Å². The van der Waals surface area contributed by atoms with Crippen molar-refractivity contribution in [2.45, 2.75) is 69.4 Å². The lowest BCUT2D eigenvalue weighted by molar-refractivity contribution is -0.153. The number of para-hydroxylation sites is 1. The molecule has 17 nitrogen and oxygen atoms in total. The summed E-state index contributed by atoms with van der Waals surface area (Å²) in [4.78, 5) is 84.4. The number of carbonyl (C=O) groups excluding carboxylic acids is 4. The number of hydrogen-bond donors (Lipinski definition) is 8. The zero-order valence-corrected chi connectivity index (χ0v) is 28.2. The normalized spacial score (nSPS) is 17.7. The Morgan fingerprint density at radius 1 is 0.904 bits per heavy atom. The van der Waals surface area contributed by atoms with Crippen LogP contribution in [0.4, 0.5) is 4.79 Å². The summed E-state index contributed by atoms with van der Waals surface area (Å²) in [5.41, 5.74) is 21.0. The Bertz CT molecular complexity index is 2000. The maximum absolute atomic E-state index is 14.4. The maximum atomic E-state index is 14.4. The van der Waals surface area contributed by atoms with Gasteiger partial charge in [0, 0.05) is 60.8 Å². The highest BCUT2D eigenvalue weighted by molar-refractivity contribution is 5.96. The third kappa shape index (κ3) is 7.67. The Morgan fingerprint density at radius 3 is 2.33 bits per heavy atom. The summed E-state index contributed by atoms with van der Waals surface area (Å²) in [6.45, 7) is 0.189. The summed E-state index contributed by atoms with van der Waals surface area (Å²) in [5.74, 6) is -3.11. The van der Waals surface area contributed by atoms with Gasteiger partial charge >= 0.3 is 12.0 Å². The first-order chi connectivity index (χ1) is 25.0. The van der Waals surface area contributed by atoms with E-state index in [1.807, 2.05) is 48.5 Å². The van der Waals surface area contributed by atoms with Gasteiger partial charge in [0.15, 0.2) is 5.96 Å². The molecular formula is C35H41N11O6. The van der Waals surface area contributed by atoms with Gasteiger partial charge in [-0.2, -0.15) is 0 Å². The molecule has 0 spiro atoms. The lowest BCUT2D eigenvalue weighted by Gasteiger charge is -2.39. The Labute approximate surface area is 298 Å². The van der Waals surface area contributed by atoms with Crippen LogP contribution in [0.15, 0.2) is 66.0 Å². The van der Waals surface area contributed by atoms with Gasteiger partial charge in [0.25, 0.3) is 0 Å². The Morgan fingerprint density at radius 2 is 1.62 bits per heavy atom. The van der Waals surface area contributed by atoms with Crippen LogP contribution in [-0.2, 0) is 51.5 Å². The summed E-state index contributed by atoms with van der Waals surface area (Å²) in [5, 5.41) is 16.5. The second-order valence-corrected chi connectivity index (χ2v) is 13.0. The molecule has 4 heterocycles. The minimum atomic E-state index is -1.20. The third-order valence-corrected chi connectivity index (χ3v) is 9.56. The van der Waals surface area contributed by atoms with Crippen LogP contribution in [0.3, 0.4) is 0 Å². The average molecular weight is 712 g/mol. The predicted molar refractivity (Wildman–Crippen MR) is 189 cm³/mol. The van der Waals surface area contributed by atoms with Gasteiger partial charge < -0.3 is 52.7 Å². The number of nitrogens with one attached hydrogen (secondary N) is 4. The number of aliphatic carboxylic acids is 1. The predicted octanol–water partition coefficient (Wildman–Crippen LogP) is 0.000400. The van der Waals surface area contributed by atoms with Crippen LogP contribution in [0.25, 0.3) is 10.9 Å². The lowest BCUT2D eigenvalue weighted by atomic mass is 9.92. The van der Waals surface area contributed by atoms with Gasteiger partial charge in [0.2, 0.25) is 17.7 Å². The molecule has 4 aromatic rings. The van der Waals surface area contributed by atoms with E-state index in [1.54, 1.807) is 0 Å². The number of nitrogens with two attached hydrogens (primary N) is 3. The van der Waals surface area contributed by atoms with Gasteiger partial charge in [-0.25, -0.2) is 14.6 Å². The highest BCUT2D eigenvalue weighted by atomic mass is 16.4. The molecule has 11 N–H and O–H groups in total. The molecule has 2 aromatic heterocycles. The molecule has 272 valence electrons. The molecule has 0 aliphatic carbocycles. The van der Waals surface area contributed by atoms with Crippen molar-refractivity contribution in [3.05, 3.63) is 89.1 Å². The highest BCUT2D eigenvalue weighted by Crippen LogP contribution is 2.31. The van der Waals surface area contributed by atoms with Crippen molar-refractivity contribution >= 4 is 46.6 Å². The number of urea groups is 1. The number of amides is 5. The number of aromatic nitrogens is 3. The molecule has 0 saturated carbocycles. The number of primary amides is 1. The number of nitrogens with zero attached hydrogens (tertiary/aromatic N) is 4. The molecule has 0 bridgehead atoms. The number of hydrogen-bond acceptors (Lipinski definition) is 7. The molecule has 17 heteroatoms. The number of carboxylic acid groups (broad SMARTS) is 1. The number of carboxylic acids is 1. The highest BCUT2D eigenvalue weighted by Gasteiger charge is 2.42. The van der Waals surface area contributed by atoms with Crippen molar-refractivity contribution in [1.29, 1.82) is 0 Å². The zero-order chi connectivity index (χ0) is 36.9. The quantitative estimate of drug-likeness (QED) is 0.0557. The number of benzene rings is 2. The van der Waals surface area contributed by atoms with Gasteiger partial charge in [0.05, 0.1) is 12.9 Å². The fourth-order valence-corrected chi connectivity index (χ4v) is 7.07. The minimum Gasteiger partial charge on any atom is -0.480 e. The van der Waals surface area contributed by atoms with E-state index in [0.29, 0.717) is 11.4 Å². The third-order valence-electron chi connectivity index (χ3n) is 9.56. The second kappa shape index (κ2) is 15.2. The number of fused-ring (bicyclic) bond motifs is 4. The molecule has 2 aromatic carbocycles. The number of guanidine groups is 1. The van der Waals surface area contributed by atoms with Crippen molar-refractivity contribution in [2.24, 2.45) is 22.2 Å². The van der Waals surface area contributed by atoms with Crippen LogP contribution in [0.1, 0.15) is 40.9 Å². The smallest absolute Gasteiger partial charge is 0.326 e. The Balaban J connectivity index is 1.30. The monoisotopic (exact) mass is 711 g/mol. The molecule has 0 radical (unpaired) electrons. The van der Waals surface area contributed by atoms with E-state index < -0.39 is 53.9 Å². The van der Waals surface area contributed by atoms with E-state index in [2.05, 4.69) is 30.6 Å². The van der Waals surface area contributed by atoms with E-state index >= 15 is 0 Å². The maximum Gasteiger partial charge on any atom is 0.326 e. The van der Waals surface area contributed by atoms with Gasteiger partial charge in [-0.05, 0) is 35.6 Å². The van der Waals surface area contributed by atoms with Crippen LogP contribution in [0, 0.1) is 0 Å². The molecular weight excluding hydrogens is 670 g/mol. The molecule has 0 saturated heterocycles. The van der Waals surface area contributed by atoms with Gasteiger partial charge in [-0.3, -0.25) is 19.4 Å². The number of carbonyl (C=O) groups is 5. The first kappa shape index (κ1) is 35.4. The first-order valence-electron chi connectivity index (χ1n) is 16.9. The van der Waals surface area contributed by atoms with E-state index in [4.69, 9.17) is 17.2 Å². The average Bonchev–Trinajstić information content (AvgIpc) is 3.78. The Kier molecular flexibility index (Phi) is 10.4. The van der Waals surface area contributed by atoms with Crippen molar-refractivity contribution in [1.82, 2.24) is 35.4 Å². The molecule has 4 atom stereocenters. The number of H-pyrrole nitrogens is 2. The molecule has 5 amide bonds. The van der Waals surface area contributed by atoms with E-state index in [0.717, 1.165) is 27.6 Å². The SMILES string of the molecule is NC(=O)N[C@@H](Cc1cnc[nH]1)C(=O)N1Cc2ccccc2C[C@@H]1C(=O)N[C@@H](CCCN=C(N)N)C(=O)N1Cc2[nH]c3ccccc3c2CC1C(=O)O. The summed E-state index contributed by atoms with van der Waals surface area (Å²) in [6, 6.07) is 9.37. The van der Waals surface area contributed by atoms with Gasteiger partial charge in [-0.15, -0.1) is 0 Å². The summed E-state index contributed by atoms with van der Waals surface area (Å²) in [6.07, 6.45) is 3.53. The number of rotatable bonds is 12. The zero-order valence-electron chi connectivity index (χ0n) is 28.2. The summed E-state index contributed by atoms with van der Waals surface area (Å²) < 4.78 is 0. The minimum absolute atomic E-state index is 0.0183. The second-order valence-electron chi connectivity index (χ2n) is 13.0. The molecule has 2 aliphatic rings. The number of aromatic amines is 2. The van der Waals surface area contributed by atoms with E-state index in [1.165, 1.54) is 22.3 Å². The van der Waals surface area contributed by atoms with E-state index in [-0.39, 0.29) is 57.7 Å². The van der Waals surface area contributed by atoms with Crippen LogP contribution in [0.5, 0.6) is 0 Å². The fraction of sp³-hybridized carbons (Fsp3) is 0.343. The lowest BCUT2D eigenvalue weighted by Crippen LogP contribution is -2.61. The fourth-order valence-electron chi connectivity index (χ4n) is 7.07. The van der Waals surface area contributed by atoms with Crippen molar-refractivity contribution in [3.8, 4) is 0 Å². The molecule has 0 fully saturated rings. The number of aliphatic imine (C=N–C) groups is 1. The van der Waals surface area contributed by atoms with Crippen molar-refractivity contribution < 1.29 is 29.1 Å². The molecule has 52 heavy (non-hydrogen) atoms. The number of imidazole rings is 1. The van der Waals surface area contributed by atoms with E-state index in [9.17, 15) is 29.1 Å². The van der Waals surface area contributed by atoms with Crippen LogP contribution in [0.2, 0.25) is 0 Å². The molecule has 2 aliphatic heterocycles. The van der Waals surface area contributed by atoms with Crippen molar-refractivity contribution in [3.63, 3.8) is 0 Å². The van der Waals surface area contributed by atoms with Crippen LogP contribution in [-0.4, -0.2) is 96.3 Å². The standard InChI is InChI=1S/C35H41N11O6/c36-34(37)40-11-5-10-25(31(48)46-17-27-23(14-29(46)33(50)51)22-8-3-4-9-24(22)42-27)43-30(47)28-12-19-6-1-2-7-20(19)16-45(28)32(49)26(44-35(38)52)13-21-15-39-18-41-21/h1-4,6-9,15,18,25-26,28-29,42H,5,10-14,16-17H2,(H,39,41)(H,43,47)(H,50,51)(H4,36,37,40)(H3,38,44,52)/t25-,26-,28+,29?/m0/s1. The largest absolute Gasteiger partial charge is 0.480 e. The van der Waals surface area contributed by atoms with Gasteiger partial charge in [0.1, 0.15) is 24.2 Å².